The third-order valence-corrected chi connectivity index (χ3v) is 4.26. The molecule has 150 valence electrons. The first-order valence-corrected chi connectivity index (χ1v) is 8.66. The van der Waals surface area contributed by atoms with E-state index < -0.39 is 23.6 Å². The van der Waals surface area contributed by atoms with Crippen molar-refractivity contribution in [3.63, 3.8) is 0 Å². The van der Waals surface area contributed by atoms with Gasteiger partial charge in [0, 0.05) is 25.3 Å². The highest BCUT2D eigenvalue weighted by Crippen LogP contribution is 2.29. The van der Waals surface area contributed by atoms with Gasteiger partial charge < -0.3 is 20.3 Å². The Morgan fingerprint density at radius 1 is 1.11 bits per heavy atom. The van der Waals surface area contributed by atoms with Crippen LogP contribution < -0.4 is 15.5 Å². The molecule has 3 rings (SSSR count). The maximum Gasteiger partial charge on any atom is 0.416 e. The molecule has 1 aliphatic heterocycles. The number of nitrogens with zero attached hydrogens (tertiary/aromatic N) is 1. The van der Waals surface area contributed by atoms with E-state index >= 15 is 0 Å². The number of nitrogens with one attached hydrogen (secondary N) is 2. The molecule has 1 heterocycles. The van der Waals surface area contributed by atoms with Gasteiger partial charge in [-0.3, -0.25) is 0 Å². The summed E-state index contributed by atoms with van der Waals surface area (Å²) in [5.41, 5.74) is 0.195. The first-order valence-electron chi connectivity index (χ1n) is 8.66. The lowest BCUT2D eigenvalue weighted by Gasteiger charge is -2.29. The quantitative estimate of drug-likeness (QED) is 0.767. The van der Waals surface area contributed by atoms with Crippen LogP contribution in [0.15, 0.2) is 42.5 Å². The molecular formula is C19H19F4N3O2. The van der Waals surface area contributed by atoms with Gasteiger partial charge in [-0.25, -0.2) is 9.18 Å². The van der Waals surface area contributed by atoms with E-state index in [9.17, 15) is 22.4 Å². The minimum Gasteiger partial charge on any atom is -0.378 e. The van der Waals surface area contributed by atoms with Crippen molar-refractivity contribution in [2.24, 2.45) is 0 Å². The first-order chi connectivity index (χ1) is 13.3. The Kier molecular flexibility index (Phi) is 6.03. The Bertz CT molecular complexity index is 836. The summed E-state index contributed by atoms with van der Waals surface area (Å²) in [6.07, 6.45) is -4.45. The first kappa shape index (κ1) is 19.9. The molecule has 0 unspecified atom stereocenters. The molecule has 0 atom stereocenters. The average Bonchev–Trinajstić information content (AvgIpc) is 2.67. The number of halogens is 4. The zero-order valence-electron chi connectivity index (χ0n) is 14.9. The Balaban J connectivity index is 1.57. The highest BCUT2D eigenvalue weighted by molar-refractivity contribution is 5.89. The fraction of sp³-hybridized carbons (Fsp3) is 0.316. The second kappa shape index (κ2) is 8.47. The summed E-state index contributed by atoms with van der Waals surface area (Å²) >= 11 is 0. The number of morpholine rings is 1. The van der Waals surface area contributed by atoms with Crippen molar-refractivity contribution in [2.45, 2.75) is 12.7 Å². The molecule has 2 amide bonds. The number of amides is 2. The van der Waals surface area contributed by atoms with Gasteiger partial charge in [-0.05, 0) is 35.9 Å². The molecule has 5 nitrogen and oxygen atoms in total. The van der Waals surface area contributed by atoms with Gasteiger partial charge in [-0.15, -0.1) is 0 Å². The molecular weight excluding hydrogens is 378 g/mol. The van der Waals surface area contributed by atoms with Crippen molar-refractivity contribution in [3.05, 3.63) is 59.4 Å². The summed E-state index contributed by atoms with van der Waals surface area (Å²) < 4.78 is 57.7. The van der Waals surface area contributed by atoms with Gasteiger partial charge in [0.2, 0.25) is 0 Å². The van der Waals surface area contributed by atoms with Crippen molar-refractivity contribution in [1.82, 2.24) is 5.32 Å². The fourth-order valence-electron chi connectivity index (χ4n) is 2.86. The van der Waals surface area contributed by atoms with E-state index in [1.54, 1.807) is 12.1 Å². The van der Waals surface area contributed by atoms with Gasteiger partial charge in [0.05, 0.1) is 24.5 Å². The molecule has 1 aliphatic rings. The number of alkyl halides is 3. The molecule has 1 saturated heterocycles. The standard InChI is InChI=1S/C19H19F4N3O2/c20-16-11-15(4-5-17(16)26-6-8-28-9-7-26)25-18(27)24-12-13-2-1-3-14(10-13)19(21,22)23/h1-5,10-11H,6-9,12H2,(H2,24,25,27). The van der Waals surface area contributed by atoms with Crippen LogP contribution in [-0.4, -0.2) is 32.3 Å². The molecule has 0 spiro atoms. The third-order valence-electron chi connectivity index (χ3n) is 4.26. The molecule has 9 heteroatoms. The van der Waals surface area contributed by atoms with Crippen molar-refractivity contribution in [3.8, 4) is 0 Å². The highest BCUT2D eigenvalue weighted by Gasteiger charge is 2.30. The lowest BCUT2D eigenvalue weighted by atomic mass is 10.1. The number of hydrogen-bond donors (Lipinski definition) is 2. The number of anilines is 2. The Labute approximate surface area is 159 Å². The fourth-order valence-corrected chi connectivity index (χ4v) is 2.86. The van der Waals surface area contributed by atoms with Crippen LogP contribution >= 0.6 is 0 Å². The van der Waals surface area contributed by atoms with Crippen molar-refractivity contribution in [2.75, 3.05) is 36.5 Å². The molecule has 0 aromatic heterocycles. The monoisotopic (exact) mass is 397 g/mol. The lowest BCUT2D eigenvalue weighted by Crippen LogP contribution is -2.36. The number of benzene rings is 2. The van der Waals surface area contributed by atoms with Gasteiger partial charge in [-0.2, -0.15) is 13.2 Å². The van der Waals surface area contributed by atoms with Crippen LogP contribution in [0.25, 0.3) is 0 Å². The second-order valence-electron chi connectivity index (χ2n) is 6.27. The smallest absolute Gasteiger partial charge is 0.378 e. The summed E-state index contributed by atoms with van der Waals surface area (Å²) in [5.74, 6) is -0.474. The van der Waals surface area contributed by atoms with Crippen molar-refractivity contribution in [1.29, 1.82) is 0 Å². The lowest BCUT2D eigenvalue weighted by molar-refractivity contribution is -0.137. The topological polar surface area (TPSA) is 53.6 Å². The molecule has 2 aromatic rings. The summed E-state index contributed by atoms with van der Waals surface area (Å²) in [6.45, 7) is 2.13. The summed E-state index contributed by atoms with van der Waals surface area (Å²) in [5, 5.41) is 4.93. The molecule has 0 radical (unpaired) electrons. The maximum atomic E-state index is 14.3. The van der Waals surface area contributed by atoms with Gasteiger partial charge in [0.15, 0.2) is 0 Å². The largest absolute Gasteiger partial charge is 0.416 e. The number of ether oxygens (including phenoxy) is 1. The molecule has 1 fully saturated rings. The van der Waals surface area contributed by atoms with Crippen molar-refractivity contribution >= 4 is 17.4 Å². The average molecular weight is 397 g/mol. The molecule has 2 aromatic carbocycles. The normalized spacial score (nSPS) is 14.6. The van der Waals surface area contributed by atoms with E-state index in [2.05, 4.69) is 10.6 Å². The molecule has 2 N–H and O–H groups in total. The maximum absolute atomic E-state index is 14.3. The van der Waals surface area contributed by atoms with Crippen LogP contribution in [0.5, 0.6) is 0 Å². The van der Waals surface area contributed by atoms with Crippen LogP contribution in [-0.2, 0) is 17.5 Å². The Morgan fingerprint density at radius 3 is 2.54 bits per heavy atom. The minimum absolute atomic E-state index is 0.0932. The predicted molar refractivity (Wildman–Crippen MR) is 96.7 cm³/mol. The number of carbonyl (C=O) groups is 1. The number of carbonyl (C=O) groups excluding carboxylic acids is 1. The van der Waals surface area contributed by atoms with E-state index in [0.717, 1.165) is 12.1 Å². The zero-order chi connectivity index (χ0) is 20.1. The second-order valence-corrected chi connectivity index (χ2v) is 6.27. The minimum atomic E-state index is -4.45. The van der Waals surface area contributed by atoms with E-state index in [-0.39, 0.29) is 12.2 Å². The summed E-state index contributed by atoms with van der Waals surface area (Å²) in [4.78, 5) is 13.8. The van der Waals surface area contributed by atoms with Crippen molar-refractivity contribution < 1.29 is 27.1 Å². The number of urea groups is 1. The van der Waals surface area contributed by atoms with Crippen LogP contribution in [0, 0.1) is 5.82 Å². The van der Waals surface area contributed by atoms with E-state index in [0.29, 0.717) is 37.6 Å². The van der Waals surface area contributed by atoms with Gasteiger partial charge >= 0.3 is 12.2 Å². The van der Waals surface area contributed by atoms with E-state index in [4.69, 9.17) is 4.74 Å². The number of hydrogen-bond acceptors (Lipinski definition) is 3. The summed E-state index contributed by atoms with van der Waals surface area (Å²) in [7, 11) is 0. The molecule has 0 bridgehead atoms. The van der Waals surface area contributed by atoms with Gasteiger partial charge in [-0.1, -0.05) is 12.1 Å². The van der Waals surface area contributed by atoms with Gasteiger partial charge in [0.25, 0.3) is 0 Å². The Hall–Kier alpha value is -2.81. The van der Waals surface area contributed by atoms with E-state index in [1.165, 1.54) is 18.2 Å². The molecule has 0 aliphatic carbocycles. The van der Waals surface area contributed by atoms with Crippen LogP contribution in [0.4, 0.5) is 33.7 Å². The third kappa shape index (κ3) is 5.13. The van der Waals surface area contributed by atoms with Crippen LogP contribution in [0.1, 0.15) is 11.1 Å². The van der Waals surface area contributed by atoms with E-state index in [1.807, 2.05) is 4.90 Å². The highest BCUT2D eigenvalue weighted by atomic mass is 19.4. The Morgan fingerprint density at radius 2 is 1.86 bits per heavy atom. The molecule has 28 heavy (non-hydrogen) atoms. The van der Waals surface area contributed by atoms with Crippen LogP contribution in [0.3, 0.4) is 0 Å². The summed E-state index contributed by atoms with van der Waals surface area (Å²) in [6, 6.07) is 8.38. The van der Waals surface area contributed by atoms with Gasteiger partial charge in [0.1, 0.15) is 5.82 Å². The number of rotatable bonds is 4. The predicted octanol–water partition coefficient (Wildman–Crippen LogP) is 4.00. The SMILES string of the molecule is O=C(NCc1cccc(C(F)(F)F)c1)Nc1ccc(N2CCOCC2)c(F)c1. The zero-order valence-corrected chi connectivity index (χ0v) is 14.9. The van der Waals surface area contributed by atoms with Crippen LogP contribution in [0.2, 0.25) is 0 Å². The molecule has 0 saturated carbocycles.